The standard InChI is InChI=1S/C14H22BrN3/c1-14(2,3)8-10-12(15)13-16-7-6-11(9-4-5-9)18(13)17-10/h9,11,16H,4-8H2,1-3H3. The Morgan fingerprint density at radius 1 is 1.33 bits per heavy atom. The molecule has 0 amide bonds. The van der Waals surface area contributed by atoms with Gasteiger partial charge in [0.2, 0.25) is 0 Å². The molecule has 1 N–H and O–H groups in total. The molecule has 1 saturated carbocycles. The number of hydrogen-bond donors (Lipinski definition) is 1. The van der Waals surface area contributed by atoms with E-state index in [2.05, 4.69) is 46.7 Å². The first-order chi connectivity index (χ1) is 8.46. The molecule has 2 heterocycles. The Morgan fingerprint density at radius 3 is 2.67 bits per heavy atom. The molecular formula is C14H22BrN3. The Balaban J connectivity index is 1.94. The molecule has 1 aliphatic carbocycles. The second kappa shape index (κ2) is 4.26. The largest absolute Gasteiger partial charge is 0.369 e. The van der Waals surface area contributed by atoms with Crippen LogP contribution >= 0.6 is 15.9 Å². The first kappa shape index (κ1) is 12.5. The van der Waals surface area contributed by atoms with Crippen molar-refractivity contribution < 1.29 is 0 Å². The van der Waals surface area contributed by atoms with Crippen molar-refractivity contribution in [1.29, 1.82) is 0 Å². The summed E-state index contributed by atoms with van der Waals surface area (Å²) in [4.78, 5) is 0. The normalized spacial score (nSPS) is 23.7. The molecule has 18 heavy (non-hydrogen) atoms. The van der Waals surface area contributed by atoms with E-state index in [9.17, 15) is 0 Å². The van der Waals surface area contributed by atoms with Crippen LogP contribution in [0.4, 0.5) is 5.82 Å². The van der Waals surface area contributed by atoms with E-state index in [4.69, 9.17) is 5.10 Å². The van der Waals surface area contributed by atoms with Crippen molar-refractivity contribution in [1.82, 2.24) is 9.78 Å². The van der Waals surface area contributed by atoms with Crippen LogP contribution in [0.1, 0.15) is 51.8 Å². The number of hydrogen-bond acceptors (Lipinski definition) is 2. The van der Waals surface area contributed by atoms with E-state index >= 15 is 0 Å². The van der Waals surface area contributed by atoms with Crippen LogP contribution in [0.3, 0.4) is 0 Å². The fourth-order valence-corrected chi connectivity index (χ4v) is 3.39. The van der Waals surface area contributed by atoms with E-state index in [0.29, 0.717) is 6.04 Å². The van der Waals surface area contributed by atoms with Crippen molar-refractivity contribution in [2.45, 2.75) is 52.5 Å². The average Bonchev–Trinajstić information content (AvgIpc) is 3.05. The minimum atomic E-state index is 0.280. The second-order valence-electron chi connectivity index (χ2n) is 6.91. The third-order valence-electron chi connectivity index (χ3n) is 3.83. The summed E-state index contributed by atoms with van der Waals surface area (Å²) in [5, 5.41) is 8.39. The number of anilines is 1. The molecule has 1 aromatic rings. The van der Waals surface area contributed by atoms with Crippen LogP contribution in [0, 0.1) is 11.3 Å². The van der Waals surface area contributed by atoms with E-state index in [-0.39, 0.29) is 5.41 Å². The first-order valence-corrected chi connectivity index (χ1v) is 7.76. The van der Waals surface area contributed by atoms with Gasteiger partial charge in [0.15, 0.2) is 0 Å². The lowest BCUT2D eigenvalue weighted by Crippen LogP contribution is -2.25. The van der Waals surface area contributed by atoms with Gasteiger partial charge < -0.3 is 5.32 Å². The van der Waals surface area contributed by atoms with Gasteiger partial charge in [0.1, 0.15) is 5.82 Å². The van der Waals surface area contributed by atoms with Gasteiger partial charge in [0.25, 0.3) is 0 Å². The third-order valence-corrected chi connectivity index (χ3v) is 4.66. The zero-order chi connectivity index (χ0) is 12.9. The molecule has 0 bridgehead atoms. The van der Waals surface area contributed by atoms with Crippen molar-refractivity contribution in [3.63, 3.8) is 0 Å². The number of halogens is 1. The molecule has 1 aromatic heterocycles. The average molecular weight is 312 g/mol. The highest BCUT2D eigenvalue weighted by molar-refractivity contribution is 9.10. The molecule has 2 aliphatic rings. The molecule has 3 nitrogen and oxygen atoms in total. The van der Waals surface area contributed by atoms with Crippen molar-refractivity contribution in [3.05, 3.63) is 10.2 Å². The van der Waals surface area contributed by atoms with Crippen molar-refractivity contribution in [2.75, 3.05) is 11.9 Å². The van der Waals surface area contributed by atoms with Gasteiger partial charge in [-0.25, -0.2) is 4.68 Å². The molecule has 0 spiro atoms. The maximum Gasteiger partial charge on any atom is 0.139 e. The van der Waals surface area contributed by atoms with E-state index in [1.165, 1.54) is 35.2 Å². The smallest absolute Gasteiger partial charge is 0.139 e. The van der Waals surface area contributed by atoms with Gasteiger partial charge in [-0.15, -0.1) is 0 Å². The Labute approximate surface area is 117 Å². The zero-order valence-electron chi connectivity index (χ0n) is 11.5. The second-order valence-corrected chi connectivity index (χ2v) is 7.70. The van der Waals surface area contributed by atoms with Crippen LogP contribution in [-0.2, 0) is 6.42 Å². The summed E-state index contributed by atoms with van der Waals surface area (Å²) in [7, 11) is 0. The number of fused-ring (bicyclic) bond motifs is 1. The van der Waals surface area contributed by atoms with E-state index in [1.807, 2.05) is 0 Å². The molecule has 1 atom stereocenters. The number of nitrogens with zero attached hydrogens (tertiary/aromatic N) is 2. The molecule has 100 valence electrons. The summed E-state index contributed by atoms with van der Waals surface area (Å²) in [5.41, 5.74) is 1.49. The summed E-state index contributed by atoms with van der Waals surface area (Å²) in [6.07, 6.45) is 5.01. The number of aromatic nitrogens is 2. The quantitative estimate of drug-likeness (QED) is 0.894. The Kier molecular flexibility index (Phi) is 2.96. The van der Waals surface area contributed by atoms with Crippen LogP contribution in [0.25, 0.3) is 0 Å². The predicted molar refractivity (Wildman–Crippen MR) is 78.0 cm³/mol. The molecule has 1 aliphatic heterocycles. The van der Waals surface area contributed by atoms with Gasteiger partial charge in [-0.05, 0) is 52.9 Å². The first-order valence-electron chi connectivity index (χ1n) is 6.96. The van der Waals surface area contributed by atoms with Gasteiger partial charge in [-0.1, -0.05) is 20.8 Å². The van der Waals surface area contributed by atoms with E-state index < -0.39 is 0 Å². The van der Waals surface area contributed by atoms with E-state index in [1.54, 1.807) is 0 Å². The summed E-state index contributed by atoms with van der Waals surface area (Å²) in [6.45, 7) is 7.89. The van der Waals surface area contributed by atoms with Crippen LogP contribution < -0.4 is 5.32 Å². The summed E-state index contributed by atoms with van der Waals surface area (Å²) in [6, 6.07) is 0.631. The number of rotatable bonds is 2. The van der Waals surface area contributed by atoms with Crippen molar-refractivity contribution in [2.24, 2.45) is 11.3 Å². The molecule has 3 rings (SSSR count). The fourth-order valence-electron chi connectivity index (χ4n) is 2.85. The highest BCUT2D eigenvalue weighted by atomic mass is 79.9. The van der Waals surface area contributed by atoms with Gasteiger partial charge in [-0.3, -0.25) is 0 Å². The minimum Gasteiger partial charge on any atom is -0.369 e. The highest BCUT2D eigenvalue weighted by Crippen LogP contribution is 2.46. The molecule has 1 fully saturated rings. The maximum absolute atomic E-state index is 4.89. The minimum absolute atomic E-state index is 0.280. The van der Waals surface area contributed by atoms with Gasteiger partial charge in [0, 0.05) is 6.54 Å². The van der Waals surface area contributed by atoms with Crippen molar-refractivity contribution >= 4 is 21.7 Å². The zero-order valence-corrected chi connectivity index (χ0v) is 13.0. The van der Waals surface area contributed by atoms with Gasteiger partial charge in [0.05, 0.1) is 16.2 Å². The van der Waals surface area contributed by atoms with Crippen LogP contribution in [0.15, 0.2) is 4.47 Å². The molecule has 4 heteroatoms. The fraction of sp³-hybridized carbons (Fsp3) is 0.786. The Bertz CT molecular complexity index is 454. The lowest BCUT2D eigenvalue weighted by molar-refractivity contribution is 0.363. The maximum atomic E-state index is 4.89. The lowest BCUT2D eigenvalue weighted by Gasteiger charge is -2.25. The lowest BCUT2D eigenvalue weighted by atomic mass is 9.91. The van der Waals surface area contributed by atoms with Crippen LogP contribution in [-0.4, -0.2) is 16.3 Å². The highest BCUT2D eigenvalue weighted by Gasteiger charge is 2.37. The molecule has 0 saturated heterocycles. The number of nitrogens with one attached hydrogen (secondary N) is 1. The van der Waals surface area contributed by atoms with Crippen LogP contribution in [0.5, 0.6) is 0 Å². The molecular weight excluding hydrogens is 290 g/mol. The molecule has 0 radical (unpaired) electrons. The predicted octanol–water partition coefficient (Wildman–Crippen LogP) is 4.00. The van der Waals surface area contributed by atoms with Crippen LogP contribution in [0.2, 0.25) is 0 Å². The Hall–Kier alpha value is -0.510. The summed E-state index contributed by atoms with van der Waals surface area (Å²) < 4.78 is 3.44. The topological polar surface area (TPSA) is 29.9 Å². The molecule has 0 aromatic carbocycles. The molecule has 1 unspecified atom stereocenters. The van der Waals surface area contributed by atoms with Crippen molar-refractivity contribution in [3.8, 4) is 0 Å². The van der Waals surface area contributed by atoms with E-state index in [0.717, 1.165) is 18.9 Å². The SMILES string of the molecule is CC(C)(C)Cc1nn2c(c1Br)NCCC2C1CC1. The monoisotopic (exact) mass is 311 g/mol. The third kappa shape index (κ3) is 2.31. The van der Waals surface area contributed by atoms with Gasteiger partial charge in [-0.2, -0.15) is 5.10 Å². The Morgan fingerprint density at radius 2 is 2.06 bits per heavy atom. The summed E-state index contributed by atoms with van der Waals surface area (Å²) >= 11 is 3.74. The summed E-state index contributed by atoms with van der Waals surface area (Å²) in [5.74, 6) is 2.08. The van der Waals surface area contributed by atoms with Gasteiger partial charge >= 0.3 is 0 Å².